The average Bonchev–Trinajstić information content (AvgIpc) is 2.66. The Hall–Kier alpha value is -2.05. The predicted octanol–water partition coefficient (Wildman–Crippen LogP) is 4.70. The second kappa shape index (κ2) is 6.59. The molecule has 2 aromatic carbocycles. The van der Waals surface area contributed by atoms with E-state index in [1.165, 1.54) is 12.1 Å². The third kappa shape index (κ3) is 3.08. The molecule has 4 atom stereocenters. The van der Waals surface area contributed by atoms with Gasteiger partial charge in [0.2, 0.25) is 0 Å². The van der Waals surface area contributed by atoms with Crippen LogP contribution in [0.2, 0.25) is 0 Å². The number of hydrogen-bond donors (Lipinski definition) is 2. The van der Waals surface area contributed by atoms with Gasteiger partial charge in [0.25, 0.3) is 0 Å². The van der Waals surface area contributed by atoms with Crippen molar-refractivity contribution in [2.24, 2.45) is 5.92 Å². The number of nitrogens with one attached hydrogen (secondary N) is 1. The molecular formula is C20H20F3NO2. The number of aliphatic hydroxyl groups excluding tert-OH is 1. The van der Waals surface area contributed by atoms with Crippen LogP contribution >= 0.6 is 0 Å². The van der Waals surface area contributed by atoms with Crippen LogP contribution in [0.25, 0.3) is 0 Å². The van der Waals surface area contributed by atoms with E-state index in [4.69, 9.17) is 4.74 Å². The lowest BCUT2D eigenvalue weighted by molar-refractivity contribution is -0.138. The maximum absolute atomic E-state index is 13.2. The van der Waals surface area contributed by atoms with Crippen LogP contribution in [0.1, 0.15) is 41.7 Å². The summed E-state index contributed by atoms with van der Waals surface area (Å²) in [7, 11) is 0. The summed E-state index contributed by atoms with van der Waals surface area (Å²) < 4.78 is 45.5. The van der Waals surface area contributed by atoms with Crippen LogP contribution in [-0.2, 0) is 10.9 Å². The van der Waals surface area contributed by atoms with Crippen LogP contribution in [0.15, 0.2) is 48.5 Å². The first-order valence-electron chi connectivity index (χ1n) is 8.76. The van der Waals surface area contributed by atoms with E-state index >= 15 is 0 Å². The summed E-state index contributed by atoms with van der Waals surface area (Å²) in [6, 6.07) is 13.6. The second-order valence-corrected chi connectivity index (χ2v) is 6.93. The number of rotatable bonds is 2. The molecule has 138 valence electrons. The summed E-state index contributed by atoms with van der Waals surface area (Å²) >= 11 is 0. The third-order valence-electron chi connectivity index (χ3n) is 5.34. The number of anilines is 1. The highest BCUT2D eigenvalue weighted by Gasteiger charge is 2.43. The molecule has 4 rings (SSSR count). The van der Waals surface area contributed by atoms with Crippen molar-refractivity contribution in [3.63, 3.8) is 0 Å². The summed E-state index contributed by atoms with van der Waals surface area (Å²) in [5, 5.41) is 12.9. The highest BCUT2D eigenvalue weighted by atomic mass is 19.4. The highest BCUT2D eigenvalue weighted by molar-refractivity contribution is 5.58. The van der Waals surface area contributed by atoms with E-state index < -0.39 is 17.8 Å². The van der Waals surface area contributed by atoms with Gasteiger partial charge in [-0.05, 0) is 36.6 Å². The van der Waals surface area contributed by atoms with Gasteiger partial charge in [-0.3, -0.25) is 0 Å². The second-order valence-electron chi connectivity index (χ2n) is 6.93. The molecule has 3 nitrogen and oxygen atoms in total. The van der Waals surface area contributed by atoms with Crippen molar-refractivity contribution in [3.05, 3.63) is 65.2 Å². The third-order valence-corrected chi connectivity index (χ3v) is 5.34. The van der Waals surface area contributed by atoms with Crippen LogP contribution in [0, 0.1) is 5.92 Å². The van der Waals surface area contributed by atoms with E-state index in [2.05, 4.69) is 5.32 Å². The smallest absolute Gasteiger partial charge is 0.394 e. The lowest BCUT2D eigenvalue weighted by Crippen LogP contribution is -2.40. The summed E-state index contributed by atoms with van der Waals surface area (Å²) in [6.07, 6.45) is -3.74. The number of ether oxygens (including phenoxy) is 1. The molecule has 2 heterocycles. The number of alkyl halides is 3. The van der Waals surface area contributed by atoms with Gasteiger partial charge in [-0.1, -0.05) is 30.3 Å². The summed E-state index contributed by atoms with van der Waals surface area (Å²) in [5.74, 6) is 0.0104. The molecule has 2 aromatic rings. The molecule has 0 bridgehead atoms. The molecule has 26 heavy (non-hydrogen) atoms. The molecule has 2 N–H and O–H groups in total. The SMILES string of the molecule is OC[C@H]1CC[C@H]2[C@@H](c3ccccc3)Nc3ccc(C(F)(F)F)cc3[C@H]2O1. The zero-order valence-corrected chi connectivity index (χ0v) is 14.0. The van der Waals surface area contributed by atoms with Crippen molar-refractivity contribution in [2.75, 3.05) is 11.9 Å². The summed E-state index contributed by atoms with van der Waals surface area (Å²) in [6.45, 7) is -0.124. The van der Waals surface area contributed by atoms with E-state index in [0.717, 1.165) is 18.1 Å². The number of aliphatic hydroxyl groups is 1. The fourth-order valence-electron chi connectivity index (χ4n) is 4.06. The summed E-state index contributed by atoms with van der Waals surface area (Å²) in [4.78, 5) is 0. The number of fused-ring (bicyclic) bond motifs is 3. The van der Waals surface area contributed by atoms with Crippen LogP contribution in [0.3, 0.4) is 0 Å². The molecule has 6 heteroatoms. The van der Waals surface area contributed by atoms with E-state index in [9.17, 15) is 18.3 Å². The quantitative estimate of drug-likeness (QED) is 0.813. The van der Waals surface area contributed by atoms with Gasteiger partial charge in [-0.2, -0.15) is 13.2 Å². The zero-order chi connectivity index (χ0) is 18.3. The largest absolute Gasteiger partial charge is 0.416 e. The molecule has 0 aliphatic carbocycles. The lowest BCUT2D eigenvalue weighted by atomic mass is 9.76. The minimum absolute atomic E-state index is 0.0104. The fourth-order valence-corrected chi connectivity index (χ4v) is 4.06. The van der Waals surface area contributed by atoms with E-state index in [0.29, 0.717) is 17.7 Å². The van der Waals surface area contributed by atoms with Crippen molar-refractivity contribution in [2.45, 2.75) is 37.3 Å². The number of hydrogen-bond acceptors (Lipinski definition) is 3. The van der Waals surface area contributed by atoms with Crippen LogP contribution < -0.4 is 5.32 Å². The minimum Gasteiger partial charge on any atom is -0.394 e. The van der Waals surface area contributed by atoms with Gasteiger partial charge in [0.15, 0.2) is 0 Å². The number of benzene rings is 2. The maximum Gasteiger partial charge on any atom is 0.416 e. The number of halogens is 3. The Balaban J connectivity index is 1.77. The first kappa shape index (κ1) is 17.4. The standard InChI is InChI=1S/C20H20F3NO2/c21-20(22,23)13-6-9-17-16(10-13)19-15(8-7-14(11-25)26-19)18(24-17)12-4-2-1-3-5-12/h1-6,9-10,14-15,18-19,24-25H,7-8,11H2/t14-,15+,18-,19+/m1/s1. The van der Waals surface area contributed by atoms with E-state index in [1.807, 2.05) is 30.3 Å². The average molecular weight is 363 g/mol. The van der Waals surface area contributed by atoms with Gasteiger partial charge >= 0.3 is 6.18 Å². The van der Waals surface area contributed by atoms with Gasteiger partial charge in [0.05, 0.1) is 30.4 Å². The lowest BCUT2D eigenvalue weighted by Gasteiger charge is -2.45. The fraction of sp³-hybridized carbons (Fsp3) is 0.400. The Labute approximate surface area is 149 Å². The van der Waals surface area contributed by atoms with Gasteiger partial charge in [0, 0.05) is 17.2 Å². The summed E-state index contributed by atoms with van der Waals surface area (Å²) in [5.41, 5.74) is 1.59. The Morgan fingerprint density at radius 1 is 1.08 bits per heavy atom. The zero-order valence-electron chi connectivity index (χ0n) is 14.0. The molecule has 2 aliphatic heterocycles. The van der Waals surface area contributed by atoms with Crippen molar-refractivity contribution in [1.82, 2.24) is 0 Å². The van der Waals surface area contributed by atoms with Gasteiger partial charge in [-0.25, -0.2) is 0 Å². The molecule has 2 aliphatic rings. The normalized spacial score (nSPS) is 28.0. The molecule has 0 aromatic heterocycles. The van der Waals surface area contributed by atoms with Crippen molar-refractivity contribution in [1.29, 1.82) is 0 Å². The van der Waals surface area contributed by atoms with Gasteiger partial charge in [-0.15, -0.1) is 0 Å². The highest BCUT2D eigenvalue weighted by Crippen LogP contribution is 2.51. The predicted molar refractivity (Wildman–Crippen MR) is 91.7 cm³/mol. The Morgan fingerprint density at radius 2 is 1.85 bits per heavy atom. The molecule has 0 radical (unpaired) electrons. The molecule has 1 saturated heterocycles. The monoisotopic (exact) mass is 363 g/mol. The topological polar surface area (TPSA) is 41.5 Å². The molecule has 0 unspecified atom stereocenters. The first-order chi connectivity index (χ1) is 12.5. The van der Waals surface area contributed by atoms with Crippen LogP contribution in [0.5, 0.6) is 0 Å². The molecular weight excluding hydrogens is 343 g/mol. The van der Waals surface area contributed by atoms with Crippen molar-refractivity contribution < 1.29 is 23.0 Å². The van der Waals surface area contributed by atoms with Crippen LogP contribution in [-0.4, -0.2) is 17.8 Å². The van der Waals surface area contributed by atoms with E-state index in [-0.39, 0.29) is 24.7 Å². The molecule has 1 fully saturated rings. The Morgan fingerprint density at radius 3 is 2.54 bits per heavy atom. The Kier molecular flexibility index (Phi) is 4.40. The molecule has 0 saturated carbocycles. The van der Waals surface area contributed by atoms with Gasteiger partial charge < -0.3 is 15.2 Å². The minimum atomic E-state index is -4.40. The molecule has 0 spiro atoms. The van der Waals surface area contributed by atoms with Gasteiger partial charge in [0.1, 0.15) is 0 Å². The van der Waals surface area contributed by atoms with Crippen molar-refractivity contribution >= 4 is 5.69 Å². The van der Waals surface area contributed by atoms with E-state index in [1.54, 1.807) is 0 Å². The van der Waals surface area contributed by atoms with Crippen molar-refractivity contribution in [3.8, 4) is 0 Å². The first-order valence-corrected chi connectivity index (χ1v) is 8.76. The maximum atomic E-state index is 13.2. The molecule has 0 amide bonds. The Bertz CT molecular complexity index is 778. The van der Waals surface area contributed by atoms with Crippen LogP contribution in [0.4, 0.5) is 18.9 Å².